The molecule has 2 atom stereocenters. The number of rotatable bonds is 0. The Hall–Kier alpha value is 1.46. The van der Waals surface area contributed by atoms with Crippen molar-refractivity contribution >= 4 is 35.6 Å². The zero-order valence-corrected chi connectivity index (χ0v) is 9.26. The molecule has 0 spiro atoms. The van der Waals surface area contributed by atoms with Crippen LogP contribution in [0.2, 0.25) is 0 Å². The standard InChI is InChI=1S/C4H12P4/c1-7-5-4-6-8(7,2)3/h4,6,8H,1-3H3. The van der Waals surface area contributed by atoms with Gasteiger partial charge in [-0.15, -0.1) is 0 Å². The third kappa shape index (κ3) is 1.49. The van der Waals surface area contributed by atoms with E-state index in [0.29, 0.717) is 7.30 Å². The summed E-state index contributed by atoms with van der Waals surface area (Å²) in [4.78, 5) is 0. The van der Waals surface area contributed by atoms with Crippen LogP contribution in [0.3, 0.4) is 0 Å². The second-order valence-corrected chi connectivity index (χ2v) is 23.1. The summed E-state index contributed by atoms with van der Waals surface area (Å²) >= 11 is 0. The first-order valence-electron chi connectivity index (χ1n) is 2.67. The molecule has 0 N–H and O–H groups in total. The molecule has 0 aromatic carbocycles. The molecule has 0 bridgehead atoms. The molecule has 0 saturated heterocycles. The van der Waals surface area contributed by atoms with Crippen LogP contribution in [-0.2, 0) is 0 Å². The van der Waals surface area contributed by atoms with Gasteiger partial charge >= 0.3 is 55.6 Å². The summed E-state index contributed by atoms with van der Waals surface area (Å²) in [6, 6.07) is 0. The molecule has 0 fully saturated rings. The molecule has 0 aromatic rings. The van der Waals surface area contributed by atoms with Gasteiger partial charge in [-0.1, -0.05) is 0 Å². The van der Waals surface area contributed by atoms with Gasteiger partial charge in [-0.2, -0.15) is 0 Å². The SMILES string of the molecule is CP1P=CP[PH]1(C)C. The predicted octanol–water partition coefficient (Wildman–Crippen LogP) is 3.25. The average molecular weight is 184 g/mol. The van der Waals surface area contributed by atoms with E-state index in [0.717, 1.165) is 0 Å². The van der Waals surface area contributed by atoms with Gasteiger partial charge in [-0.05, 0) is 0 Å². The Morgan fingerprint density at radius 1 is 1.62 bits per heavy atom. The van der Waals surface area contributed by atoms with Gasteiger partial charge in [0.1, 0.15) is 0 Å². The van der Waals surface area contributed by atoms with Crippen molar-refractivity contribution in [3.63, 3.8) is 0 Å². The Bertz CT molecular complexity index is 117. The van der Waals surface area contributed by atoms with Crippen LogP contribution in [0.5, 0.6) is 0 Å². The van der Waals surface area contributed by atoms with Crippen molar-refractivity contribution in [3.05, 3.63) is 0 Å². The molecule has 1 rings (SSSR count). The zero-order chi connectivity index (χ0) is 6.20. The van der Waals surface area contributed by atoms with Crippen molar-refractivity contribution in [3.8, 4) is 0 Å². The van der Waals surface area contributed by atoms with Crippen molar-refractivity contribution in [2.75, 3.05) is 20.0 Å². The van der Waals surface area contributed by atoms with Crippen molar-refractivity contribution < 1.29 is 0 Å². The molecule has 1 aliphatic rings. The van der Waals surface area contributed by atoms with E-state index < -0.39 is 6.64 Å². The summed E-state index contributed by atoms with van der Waals surface area (Å²) in [7, 11) is 3.39. The summed E-state index contributed by atoms with van der Waals surface area (Å²) in [5.74, 6) is 0. The van der Waals surface area contributed by atoms with Gasteiger partial charge in [-0.3, -0.25) is 0 Å². The van der Waals surface area contributed by atoms with Crippen LogP contribution in [0, 0.1) is 0 Å². The molecule has 4 heteroatoms. The molecule has 0 amide bonds. The molecular formula is C4H12P4. The first-order valence-corrected chi connectivity index (χ1v) is 12.0. The Balaban J connectivity index is 2.64. The Labute approximate surface area is 56.2 Å². The second kappa shape index (κ2) is 2.60. The summed E-state index contributed by atoms with van der Waals surface area (Å²) in [6.07, 6.45) is 0. The molecule has 1 heterocycles. The maximum atomic E-state index is 2.52. The molecule has 0 nitrogen and oxygen atoms in total. The maximum absolute atomic E-state index is 2.52. The van der Waals surface area contributed by atoms with Crippen molar-refractivity contribution in [2.24, 2.45) is 0 Å². The molecule has 48 valence electrons. The van der Waals surface area contributed by atoms with E-state index in [-0.39, 0.29) is 0 Å². The molecule has 0 aromatic heterocycles. The molecule has 0 saturated carbocycles. The quantitative estimate of drug-likeness (QED) is 0.507. The van der Waals surface area contributed by atoms with Crippen molar-refractivity contribution in [1.82, 2.24) is 0 Å². The first kappa shape index (κ1) is 7.57. The normalized spacial score (nSPS) is 42.6. The third-order valence-corrected chi connectivity index (χ3v) is 26.7. The van der Waals surface area contributed by atoms with Crippen LogP contribution in [0.25, 0.3) is 0 Å². The van der Waals surface area contributed by atoms with E-state index in [1.807, 2.05) is 0 Å². The topological polar surface area (TPSA) is 0 Å². The van der Waals surface area contributed by atoms with Gasteiger partial charge in [0.2, 0.25) is 0 Å². The third-order valence-electron chi connectivity index (χ3n) is 1.46. The van der Waals surface area contributed by atoms with Crippen LogP contribution in [0.4, 0.5) is 0 Å². The van der Waals surface area contributed by atoms with Crippen LogP contribution < -0.4 is 0 Å². The van der Waals surface area contributed by atoms with Crippen LogP contribution in [0.1, 0.15) is 0 Å². The van der Waals surface area contributed by atoms with Gasteiger partial charge in [0.25, 0.3) is 0 Å². The molecule has 0 radical (unpaired) electrons. The van der Waals surface area contributed by atoms with E-state index >= 15 is 0 Å². The molecule has 2 unspecified atom stereocenters. The minimum absolute atomic E-state index is 0.460. The fraction of sp³-hybridized carbons (Fsp3) is 0.750. The van der Waals surface area contributed by atoms with Crippen LogP contribution >= 0.6 is 30.1 Å². The molecular weight excluding hydrogens is 172 g/mol. The van der Waals surface area contributed by atoms with E-state index in [2.05, 4.69) is 25.5 Å². The van der Waals surface area contributed by atoms with Gasteiger partial charge in [-0.25, -0.2) is 0 Å². The average Bonchev–Trinajstić information content (AvgIpc) is 1.86. The monoisotopic (exact) mass is 184 g/mol. The van der Waals surface area contributed by atoms with Gasteiger partial charge in [0.15, 0.2) is 0 Å². The van der Waals surface area contributed by atoms with Crippen LogP contribution in [-0.4, -0.2) is 25.5 Å². The summed E-state index contributed by atoms with van der Waals surface area (Å²) in [6.45, 7) is 6.88. The zero-order valence-electron chi connectivity index (χ0n) is 5.47. The minimum atomic E-state index is -0.619. The Kier molecular flexibility index (Phi) is 2.46. The molecule has 1 aliphatic heterocycles. The predicted molar refractivity (Wildman–Crippen MR) is 54.3 cm³/mol. The Morgan fingerprint density at radius 2 is 2.25 bits per heavy atom. The molecule has 8 heavy (non-hydrogen) atoms. The van der Waals surface area contributed by atoms with E-state index in [1.165, 1.54) is 8.27 Å². The second-order valence-electron chi connectivity index (χ2n) is 2.47. The van der Waals surface area contributed by atoms with E-state index in [4.69, 9.17) is 0 Å². The Morgan fingerprint density at radius 3 is 2.38 bits per heavy atom. The van der Waals surface area contributed by atoms with Crippen LogP contribution in [0.15, 0.2) is 0 Å². The van der Waals surface area contributed by atoms with E-state index in [9.17, 15) is 0 Å². The fourth-order valence-corrected chi connectivity index (χ4v) is 21.6. The van der Waals surface area contributed by atoms with Gasteiger partial charge in [0.05, 0.1) is 0 Å². The van der Waals surface area contributed by atoms with Crippen molar-refractivity contribution in [1.29, 1.82) is 0 Å². The molecule has 0 aliphatic carbocycles. The number of hydrogen-bond acceptors (Lipinski definition) is 0. The van der Waals surface area contributed by atoms with Crippen molar-refractivity contribution in [2.45, 2.75) is 0 Å². The first-order chi connectivity index (χ1) is 3.63. The fourth-order valence-electron chi connectivity index (χ4n) is 0.511. The summed E-state index contributed by atoms with van der Waals surface area (Å²) in [5, 5.41) is 0. The summed E-state index contributed by atoms with van der Waals surface area (Å²) in [5.41, 5.74) is 2.50. The number of hydrogen-bond donors (Lipinski definition) is 0. The van der Waals surface area contributed by atoms with Gasteiger partial charge in [0, 0.05) is 0 Å². The summed E-state index contributed by atoms with van der Waals surface area (Å²) < 4.78 is 0. The van der Waals surface area contributed by atoms with Gasteiger partial charge < -0.3 is 0 Å². The van der Waals surface area contributed by atoms with E-state index in [1.54, 1.807) is 7.89 Å².